The molecule has 0 aliphatic carbocycles. The Bertz CT molecular complexity index is 372. The van der Waals surface area contributed by atoms with Crippen molar-refractivity contribution in [2.45, 2.75) is 19.8 Å². The SMILES string of the molecule is CC1(C(=O)NCCc2cccnc2)CCNC1. The number of nitrogens with zero attached hydrogens (tertiary/aromatic N) is 1. The van der Waals surface area contributed by atoms with E-state index in [1.54, 1.807) is 6.20 Å². The second-order valence-corrected chi connectivity index (χ2v) is 4.85. The molecular weight excluding hydrogens is 214 g/mol. The molecule has 2 N–H and O–H groups in total. The first-order chi connectivity index (χ1) is 8.21. The fourth-order valence-electron chi connectivity index (χ4n) is 2.09. The van der Waals surface area contributed by atoms with E-state index in [9.17, 15) is 4.79 Å². The Balaban J connectivity index is 1.77. The highest BCUT2D eigenvalue weighted by molar-refractivity contribution is 5.82. The minimum Gasteiger partial charge on any atom is -0.355 e. The number of amides is 1. The molecule has 2 heterocycles. The summed E-state index contributed by atoms with van der Waals surface area (Å²) in [5.74, 6) is 0.159. The van der Waals surface area contributed by atoms with Crippen molar-refractivity contribution in [3.63, 3.8) is 0 Å². The average Bonchev–Trinajstić information content (AvgIpc) is 2.79. The summed E-state index contributed by atoms with van der Waals surface area (Å²) in [4.78, 5) is 16.0. The maximum Gasteiger partial charge on any atom is 0.227 e. The third-order valence-electron chi connectivity index (χ3n) is 3.34. The molecule has 0 aromatic carbocycles. The summed E-state index contributed by atoms with van der Waals surface area (Å²) in [5, 5.41) is 6.24. The number of hydrogen-bond acceptors (Lipinski definition) is 3. The van der Waals surface area contributed by atoms with Gasteiger partial charge in [-0.05, 0) is 37.9 Å². The number of rotatable bonds is 4. The smallest absolute Gasteiger partial charge is 0.227 e. The van der Waals surface area contributed by atoms with Gasteiger partial charge in [-0.15, -0.1) is 0 Å². The molecule has 1 atom stereocenters. The van der Waals surface area contributed by atoms with Gasteiger partial charge in [0.05, 0.1) is 5.41 Å². The molecule has 4 nitrogen and oxygen atoms in total. The highest BCUT2D eigenvalue weighted by atomic mass is 16.2. The van der Waals surface area contributed by atoms with Crippen molar-refractivity contribution >= 4 is 5.91 Å². The molecule has 1 aliphatic rings. The Morgan fingerprint density at radius 1 is 1.65 bits per heavy atom. The van der Waals surface area contributed by atoms with Crippen LogP contribution in [0, 0.1) is 5.41 Å². The fraction of sp³-hybridized carbons (Fsp3) is 0.538. The van der Waals surface area contributed by atoms with Crippen LogP contribution in [0.25, 0.3) is 0 Å². The van der Waals surface area contributed by atoms with Gasteiger partial charge in [-0.2, -0.15) is 0 Å². The molecule has 1 fully saturated rings. The third-order valence-corrected chi connectivity index (χ3v) is 3.34. The summed E-state index contributed by atoms with van der Waals surface area (Å²) in [6.07, 6.45) is 5.35. The lowest BCUT2D eigenvalue weighted by molar-refractivity contribution is -0.129. The van der Waals surface area contributed by atoms with E-state index in [1.807, 2.05) is 25.3 Å². The minimum atomic E-state index is -0.227. The quantitative estimate of drug-likeness (QED) is 0.806. The predicted molar refractivity (Wildman–Crippen MR) is 66.5 cm³/mol. The highest BCUT2D eigenvalue weighted by Gasteiger charge is 2.35. The van der Waals surface area contributed by atoms with Gasteiger partial charge in [0.25, 0.3) is 0 Å². The van der Waals surface area contributed by atoms with E-state index in [0.29, 0.717) is 6.54 Å². The maximum absolute atomic E-state index is 12.0. The third kappa shape index (κ3) is 3.03. The van der Waals surface area contributed by atoms with E-state index in [-0.39, 0.29) is 11.3 Å². The summed E-state index contributed by atoms with van der Waals surface area (Å²) in [5.41, 5.74) is 0.928. The van der Waals surface area contributed by atoms with Crippen LogP contribution in [-0.4, -0.2) is 30.5 Å². The van der Waals surface area contributed by atoms with Crippen LogP contribution in [0.15, 0.2) is 24.5 Å². The van der Waals surface area contributed by atoms with E-state index in [1.165, 1.54) is 0 Å². The molecule has 2 rings (SSSR count). The van der Waals surface area contributed by atoms with Gasteiger partial charge in [0.15, 0.2) is 0 Å². The number of carbonyl (C=O) groups excluding carboxylic acids is 1. The van der Waals surface area contributed by atoms with Crippen molar-refractivity contribution in [3.05, 3.63) is 30.1 Å². The van der Waals surface area contributed by atoms with Crippen LogP contribution in [-0.2, 0) is 11.2 Å². The van der Waals surface area contributed by atoms with Gasteiger partial charge in [-0.1, -0.05) is 6.07 Å². The van der Waals surface area contributed by atoms with Crippen molar-refractivity contribution in [2.24, 2.45) is 5.41 Å². The van der Waals surface area contributed by atoms with Gasteiger partial charge < -0.3 is 10.6 Å². The lowest BCUT2D eigenvalue weighted by Gasteiger charge is -2.21. The summed E-state index contributed by atoms with van der Waals surface area (Å²) in [6.45, 7) is 4.42. The first-order valence-corrected chi connectivity index (χ1v) is 6.09. The fourth-order valence-corrected chi connectivity index (χ4v) is 2.09. The largest absolute Gasteiger partial charge is 0.355 e. The van der Waals surface area contributed by atoms with E-state index >= 15 is 0 Å². The van der Waals surface area contributed by atoms with E-state index in [0.717, 1.165) is 31.5 Å². The van der Waals surface area contributed by atoms with Gasteiger partial charge in [-0.25, -0.2) is 0 Å². The summed E-state index contributed by atoms with van der Waals surface area (Å²) < 4.78 is 0. The molecule has 1 saturated heterocycles. The standard InChI is InChI=1S/C13H19N3O/c1-13(5-8-15-10-13)12(17)16-7-4-11-3-2-6-14-9-11/h2-3,6,9,15H,4-5,7-8,10H2,1H3,(H,16,17). The number of carbonyl (C=O) groups is 1. The zero-order valence-electron chi connectivity index (χ0n) is 10.2. The van der Waals surface area contributed by atoms with Gasteiger partial charge in [-0.3, -0.25) is 9.78 Å². The Morgan fingerprint density at radius 3 is 3.18 bits per heavy atom. The van der Waals surface area contributed by atoms with Gasteiger partial charge in [0.1, 0.15) is 0 Å². The van der Waals surface area contributed by atoms with Crippen molar-refractivity contribution in [1.82, 2.24) is 15.6 Å². The van der Waals surface area contributed by atoms with E-state index in [4.69, 9.17) is 0 Å². The molecule has 4 heteroatoms. The minimum absolute atomic E-state index is 0.159. The maximum atomic E-state index is 12.0. The van der Waals surface area contributed by atoms with Crippen LogP contribution < -0.4 is 10.6 Å². The molecule has 17 heavy (non-hydrogen) atoms. The van der Waals surface area contributed by atoms with Crippen molar-refractivity contribution < 1.29 is 4.79 Å². The molecule has 0 spiro atoms. The molecule has 92 valence electrons. The Kier molecular flexibility index (Phi) is 3.74. The first-order valence-electron chi connectivity index (χ1n) is 6.09. The summed E-state index contributed by atoms with van der Waals surface area (Å²) >= 11 is 0. The lowest BCUT2D eigenvalue weighted by atomic mass is 9.89. The zero-order valence-corrected chi connectivity index (χ0v) is 10.2. The Hall–Kier alpha value is -1.42. The summed E-state index contributed by atoms with van der Waals surface area (Å²) in [6, 6.07) is 3.94. The number of aromatic nitrogens is 1. The molecule has 0 radical (unpaired) electrons. The molecular formula is C13H19N3O. The second-order valence-electron chi connectivity index (χ2n) is 4.85. The number of hydrogen-bond donors (Lipinski definition) is 2. The highest BCUT2D eigenvalue weighted by Crippen LogP contribution is 2.24. The van der Waals surface area contributed by atoms with Gasteiger partial charge in [0.2, 0.25) is 5.91 Å². The molecule has 1 unspecified atom stereocenters. The monoisotopic (exact) mass is 233 g/mol. The molecule has 1 aromatic heterocycles. The average molecular weight is 233 g/mol. The van der Waals surface area contributed by atoms with E-state index in [2.05, 4.69) is 15.6 Å². The van der Waals surface area contributed by atoms with Crippen LogP contribution >= 0.6 is 0 Å². The topological polar surface area (TPSA) is 54.0 Å². The van der Waals surface area contributed by atoms with Crippen LogP contribution in [0.3, 0.4) is 0 Å². The van der Waals surface area contributed by atoms with Gasteiger partial charge in [0, 0.05) is 25.5 Å². The van der Waals surface area contributed by atoms with E-state index < -0.39 is 0 Å². The Labute approximate surface area is 102 Å². The zero-order chi connectivity index (χ0) is 12.1. The normalized spacial score (nSPS) is 23.6. The first kappa shape index (κ1) is 12.0. The summed E-state index contributed by atoms with van der Waals surface area (Å²) in [7, 11) is 0. The van der Waals surface area contributed by atoms with Crippen LogP contribution in [0.2, 0.25) is 0 Å². The second kappa shape index (κ2) is 5.27. The van der Waals surface area contributed by atoms with Crippen molar-refractivity contribution in [3.8, 4) is 0 Å². The van der Waals surface area contributed by atoms with Crippen LogP contribution in [0.5, 0.6) is 0 Å². The van der Waals surface area contributed by atoms with Gasteiger partial charge >= 0.3 is 0 Å². The molecule has 0 saturated carbocycles. The molecule has 1 aromatic rings. The Morgan fingerprint density at radius 2 is 2.53 bits per heavy atom. The molecule has 0 bridgehead atoms. The lowest BCUT2D eigenvalue weighted by Crippen LogP contribution is -2.41. The van der Waals surface area contributed by atoms with Crippen LogP contribution in [0.4, 0.5) is 0 Å². The van der Waals surface area contributed by atoms with Crippen LogP contribution in [0.1, 0.15) is 18.9 Å². The number of nitrogens with one attached hydrogen (secondary N) is 2. The predicted octanol–water partition coefficient (Wildman–Crippen LogP) is 0.740. The molecule has 1 aliphatic heterocycles. The van der Waals surface area contributed by atoms with Crippen molar-refractivity contribution in [1.29, 1.82) is 0 Å². The molecule has 1 amide bonds. The van der Waals surface area contributed by atoms with Crippen molar-refractivity contribution in [2.75, 3.05) is 19.6 Å². The number of pyridine rings is 1.